The molecule has 0 fully saturated rings. The van der Waals surface area contributed by atoms with Crippen molar-refractivity contribution in [1.29, 1.82) is 0 Å². The van der Waals surface area contributed by atoms with Crippen molar-refractivity contribution in [1.82, 2.24) is 24.7 Å². The number of aromatic amines is 1. The predicted octanol–water partition coefficient (Wildman–Crippen LogP) is 2.59. The van der Waals surface area contributed by atoms with Crippen molar-refractivity contribution in [3.05, 3.63) is 42.1 Å². The number of carbonyl (C=O) groups is 2. The lowest BCUT2D eigenvalue weighted by Gasteiger charge is -2.06. The molecule has 0 saturated heterocycles. The van der Waals surface area contributed by atoms with E-state index < -0.39 is 5.91 Å². The van der Waals surface area contributed by atoms with Gasteiger partial charge >= 0.3 is 0 Å². The molecule has 1 amide bonds. The average molecular weight is 380 g/mol. The van der Waals surface area contributed by atoms with Gasteiger partial charge in [0.15, 0.2) is 11.5 Å². The minimum Gasteiger partial charge on any atom is -0.478 e. The van der Waals surface area contributed by atoms with Gasteiger partial charge in [0.1, 0.15) is 11.5 Å². The van der Waals surface area contributed by atoms with E-state index in [2.05, 4.69) is 25.4 Å². The number of rotatable bonds is 0. The predicted molar refractivity (Wildman–Crippen MR) is 101 cm³/mol. The number of carbonyl (C=O) groups excluding carboxylic acids is 2. The second kappa shape index (κ2) is 7.63. The maximum Gasteiger partial charge on any atom is 0.273 e. The number of aromatic nitrogens is 5. The summed E-state index contributed by atoms with van der Waals surface area (Å²) < 4.78 is 7.21. The highest BCUT2D eigenvalue weighted by Gasteiger charge is 2.19. The Balaban J connectivity index is 1.67. The van der Waals surface area contributed by atoms with Gasteiger partial charge in [-0.2, -0.15) is 5.10 Å². The average Bonchev–Trinajstić information content (AvgIpc) is 3.31. The number of H-pyrrole nitrogens is 1. The normalized spacial score (nSPS) is 15.3. The maximum absolute atomic E-state index is 12.6. The van der Waals surface area contributed by atoms with E-state index in [4.69, 9.17) is 4.74 Å². The summed E-state index contributed by atoms with van der Waals surface area (Å²) in [6.45, 7) is 0.517. The highest BCUT2D eigenvalue weighted by atomic mass is 16.5. The molecule has 3 aromatic heterocycles. The number of nitrogens with zero attached hydrogens (tertiary/aromatic N) is 4. The summed E-state index contributed by atoms with van der Waals surface area (Å²) in [5, 5.41) is 6.97. The summed E-state index contributed by atoms with van der Waals surface area (Å²) in [5.41, 5.74) is 1.71. The molecule has 1 aliphatic rings. The van der Waals surface area contributed by atoms with Gasteiger partial charge in [-0.3, -0.25) is 14.3 Å². The molecular formula is C19H20N6O3. The third-order valence-electron chi connectivity index (χ3n) is 4.47. The van der Waals surface area contributed by atoms with E-state index in [-0.39, 0.29) is 17.2 Å². The van der Waals surface area contributed by atoms with Crippen LogP contribution in [0.3, 0.4) is 0 Å². The SMILES string of the molecule is Cn1cc2c(n1)C(=O)CCCCCOc1cc(ccn1)-c1ncc([nH]1)C(=O)N2. The summed E-state index contributed by atoms with van der Waals surface area (Å²) >= 11 is 0. The van der Waals surface area contributed by atoms with Crippen molar-refractivity contribution in [2.24, 2.45) is 7.05 Å². The second-order valence-corrected chi connectivity index (χ2v) is 6.63. The van der Waals surface area contributed by atoms with Crippen molar-refractivity contribution in [3.8, 4) is 17.3 Å². The second-order valence-electron chi connectivity index (χ2n) is 6.63. The Kier molecular flexibility index (Phi) is 4.88. The highest BCUT2D eigenvalue weighted by Crippen LogP contribution is 2.22. The number of ether oxygens (including phenoxy) is 1. The monoisotopic (exact) mass is 380 g/mol. The van der Waals surface area contributed by atoms with Gasteiger partial charge in [-0.15, -0.1) is 0 Å². The first-order valence-corrected chi connectivity index (χ1v) is 9.12. The molecule has 4 rings (SSSR count). The number of Topliss-reactive ketones (excluding diaryl/α,β-unsaturated/α-hetero) is 1. The molecule has 144 valence electrons. The van der Waals surface area contributed by atoms with Crippen LogP contribution in [0, 0.1) is 0 Å². The zero-order valence-corrected chi connectivity index (χ0v) is 15.4. The molecule has 0 saturated carbocycles. The van der Waals surface area contributed by atoms with Crippen LogP contribution in [-0.2, 0) is 7.05 Å². The molecule has 4 heterocycles. The number of pyridine rings is 1. The summed E-state index contributed by atoms with van der Waals surface area (Å²) in [7, 11) is 1.71. The van der Waals surface area contributed by atoms with Gasteiger partial charge in [0, 0.05) is 37.5 Å². The van der Waals surface area contributed by atoms with Gasteiger partial charge in [-0.25, -0.2) is 9.97 Å². The Bertz CT molecular complexity index is 1020. The summed E-state index contributed by atoms with van der Waals surface area (Å²) in [6.07, 6.45) is 7.47. The van der Waals surface area contributed by atoms with Crippen LogP contribution >= 0.6 is 0 Å². The van der Waals surface area contributed by atoms with Crippen LogP contribution in [0.5, 0.6) is 5.88 Å². The smallest absolute Gasteiger partial charge is 0.273 e. The molecule has 2 N–H and O–H groups in total. The van der Waals surface area contributed by atoms with Gasteiger partial charge < -0.3 is 15.0 Å². The third kappa shape index (κ3) is 3.78. The third-order valence-corrected chi connectivity index (χ3v) is 4.47. The largest absolute Gasteiger partial charge is 0.478 e. The van der Waals surface area contributed by atoms with Crippen LogP contribution in [-0.4, -0.2) is 43.0 Å². The van der Waals surface area contributed by atoms with Crippen molar-refractivity contribution >= 4 is 17.4 Å². The van der Waals surface area contributed by atoms with Crippen molar-refractivity contribution in [2.75, 3.05) is 11.9 Å². The number of amides is 1. The van der Waals surface area contributed by atoms with E-state index in [1.807, 2.05) is 0 Å². The lowest BCUT2D eigenvalue weighted by molar-refractivity contribution is 0.0974. The number of anilines is 1. The number of nitrogens with one attached hydrogen (secondary N) is 2. The van der Waals surface area contributed by atoms with Crippen LogP contribution in [0.15, 0.2) is 30.7 Å². The van der Waals surface area contributed by atoms with Crippen LogP contribution in [0.1, 0.15) is 46.7 Å². The first kappa shape index (κ1) is 17.9. The van der Waals surface area contributed by atoms with Gasteiger partial charge in [0.2, 0.25) is 5.88 Å². The van der Waals surface area contributed by atoms with Crippen LogP contribution in [0.4, 0.5) is 5.69 Å². The van der Waals surface area contributed by atoms with Crippen molar-refractivity contribution in [3.63, 3.8) is 0 Å². The number of fused-ring (bicyclic) bond motifs is 6. The molecule has 0 radical (unpaired) electrons. The minimum absolute atomic E-state index is 0.0974. The Labute approximate surface area is 161 Å². The fourth-order valence-corrected chi connectivity index (χ4v) is 3.05. The molecule has 0 unspecified atom stereocenters. The zero-order valence-electron chi connectivity index (χ0n) is 15.4. The topological polar surface area (TPSA) is 115 Å². The number of imidazole rings is 1. The Hall–Kier alpha value is -3.49. The zero-order chi connectivity index (χ0) is 19.5. The molecule has 3 aromatic rings. The first-order chi connectivity index (χ1) is 13.6. The molecule has 0 atom stereocenters. The van der Waals surface area contributed by atoms with Crippen LogP contribution < -0.4 is 10.1 Å². The summed E-state index contributed by atoms with van der Waals surface area (Å²) in [6, 6.07) is 3.57. The van der Waals surface area contributed by atoms with Crippen molar-refractivity contribution < 1.29 is 14.3 Å². The summed E-state index contributed by atoms with van der Waals surface area (Å²) in [5.74, 6) is 0.539. The van der Waals surface area contributed by atoms with E-state index in [9.17, 15) is 9.59 Å². The van der Waals surface area contributed by atoms with E-state index in [0.29, 0.717) is 30.4 Å². The number of hydrogen-bond donors (Lipinski definition) is 2. The van der Waals surface area contributed by atoms with Gasteiger partial charge in [-0.1, -0.05) is 0 Å². The Morgan fingerprint density at radius 1 is 1.18 bits per heavy atom. The number of hydrogen-bond acceptors (Lipinski definition) is 6. The summed E-state index contributed by atoms with van der Waals surface area (Å²) in [4.78, 5) is 36.6. The highest BCUT2D eigenvalue weighted by molar-refractivity contribution is 6.08. The quantitative estimate of drug-likeness (QED) is 0.619. The number of ketones is 1. The molecule has 28 heavy (non-hydrogen) atoms. The standard InChI is InChI=1S/C19H20N6O3/c1-25-11-14-17(24-25)15(26)5-3-2-4-8-28-16-9-12(6-7-20-16)18-21-10-13(22-18)19(27)23-14/h6-7,9-11H,2-5,8H2,1H3,(H,21,22)(H,23,27). The van der Waals surface area contributed by atoms with E-state index in [1.165, 1.54) is 10.9 Å². The molecule has 0 aromatic carbocycles. The van der Waals surface area contributed by atoms with Crippen LogP contribution in [0.25, 0.3) is 11.4 Å². The minimum atomic E-state index is -0.393. The van der Waals surface area contributed by atoms with E-state index in [0.717, 1.165) is 24.8 Å². The maximum atomic E-state index is 12.6. The number of aryl methyl sites for hydroxylation is 1. The fourth-order valence-electron chi connectivity index (χ4n) is 3.05. The van der Waals surface area contributed by atoms with Gasteiger partial charge in [0.25, 0.3) is 5.91 Å². The van der Waals surface area contributed by atoms with Gasteiger partial charge in [0.05, 0.1) is 18.5 Å². The molecular weight excluding hydrogens is 360 g/mol. The van der Waals surface area contributed by atoms with Crippen LogP contribution in [0.2, 0.25) is 0 Å². The molecule has 9 heteroatoms. The van der Waals surface area contributed by atoms with E-state index in [1.54, 1.807) is 31.6 Å². The molecule has 4 bridgehead atoms. The van der Waals surface area contributed by atoms with E-state index >= 15 is 0 Å². The molecule has 9 nitrogen and oxygen atoms in total. The Morgan fingerprint density at radius 3 is 2.96 bits per heavy atom. The van der Waals surface area contributed by atoms with Gasteiger partial charge in [-0.05, 0) is 25.3 Å². The molecule has 0 aliphatic carbocycles. The first-order valence-electron chi connectivity index (χ1n) is 9.12. The molecule has 1 aliphatic heterocycles. The Morgan fingerprint density at radius 2 is 2.07 bits per heavy atom. The lowest BCUT2D eigenvalue weighted by Crippen LogP contribution is -2.14. The lowest BCUT2D eigenvalue weighted by atomic mass is 10.1. The van der Waals surface area contributed by atoms with Crippen molar-refractivity contribution in [2.45, 2.75) is 25.7 Å². The fraction of sp³-hybridized carbons (Fsp3) is 0.316. The molecule has 0 spiro atoms.